The van der Waals surface area contributed by atoms with Crippen LogP contribution in [0, 0.1) is 5.92 Å². The Kier molecular flexibility index (Phi) is 4.19. The van der Waals surface area contributed by atoms with Crippen molar-refractivity contribution in [3.8, 4) is 0 Å². The minimum Gasteiger partial charge on any atom is -0.396 e. The lowest BCUT2D eigenvalue weighted by Gasteiger charge is -2.21. The average Bonchev–Trinajstić information content (AvgIpc) is 2.84. The Morgan fingerprint density at radius 3 is 2.35 bits per heavy atom. The maximum atomic E-state index is 9.59. The van der Waals surface area contributed by atoms with Crippen LogP contribution in [-0.2, 0) is 0 Å². The normalized spacial score (nSPS) is 22.0. The number of hydrogen-bond donors (Lipinski definition) is 2. The third-order valence-electron chi connectivity index (χ3n) is 3.90. The topological polar surface area (TPSA) is 32.3 Å². The highest BCUT2D eigenvalue weighted by Crippen LogP contribution is 2.29. The van der Waals surface area contributed by atoms with Crippen molar-refractivity contribution in [2.24, 2.45) is 5.92 Å². The van der Waals surface area contributed by atoms with Gasteiger partial charge < -0.3 is 10.4 Å². The van der Waals surface area contributed by atoms with Gasteiger partial charge in [0.1, 0.15) is 0 Å². The monoisotopic (exact) mass is 233 g/mol. The quantitative estimate of drug-likeness (QED) is 0.837. The van der Waals surface area contributed by atoms with E-state index in [0.717, 1.165) is 13.1 Å². The second kappa shape index (κ2) is 5.65. The molecule has 2 nitrogen and oxygen atoms in total. The van der Waals surface area contributed by atoms with Crippen LogP contribution < -0.4 is 5.32 Å². The van der Waals surface area contributed by atoms with Crippen LogP contribution in [0.1, 0.15) is 43.2 Å². The Balaban J connectivity index is 2.13. The zero-order valence-electron chi connectivity index (χ0n) is 10.8. The first-order chi connectivity index (χ1) is 8.22. The number of rotatable bonds is 4. The van der Waals surface area contributed by atoms with Crippen LogP contribution in [0.4, 0.5) is 0 Å². The largest absolute Gasteiger partial charge is 0.396 e. The van der Waals surface area contributed by atoms with Gasteiger partial charge in [0.15, 0.2) is 0 Å². The molecule has 2 heteroatoms. The third-order valence-corrected chi connectivity index (χ3v) is 3.90. The van der Waals surface area contributed by atoms with Gasteiger partial charge in [0, 0.05) is 5.92 Å². The summed E-state index contributed by atoms with van der Waals surface area (Å²) in [6, 6.07) is 8.78. The Labute approximate surface area is 104 Å². The molecule has 1 aromatic carbocycles. The molecule has 2 atom stereocenters. The van der Waals surface area contributed by atoms with Gasteiger partial charge in [-0.25, -0.2) is 0 Å². The van der Waals surface area contributed by atoms with E-state index < -0.39 is 0 Å². The standard InChI is InChI=1S/C15H23NO/c1-11(2)12-3-5-13(6-4-12)15(10-17)14-7-8-16-9-14/h3-6,11,14-17H,7-10H2,1-2H3. The van der Waals surface area contributed by atoms with E-state index in [1.165, 1.54) is 17.5 Å². The molecule has 1 saturated heterocycles. The van der Waals surface area contributed by atoms with E-state index in [0.29, 0.717) is 17.8 Å². The van der Waals surface area contributed by atoms with Gasteiger partial charge >= 0.3 is 0 Å². The number of benzene rings is 1. The first-order valence-electron chi connectivity index (χ1n) is 6.63. The van der Waals surface area contributed by atoms with Gasteiger partial charge in [0.05, 0.1) is 6.61 Å². The van der Waals surface area contributed by atoms with Crippen LogP contribution in [0.2, 0.25) is 0 Å². The first kappa shape index (κ1) is 12.6. The Morgan fingerprint density at radius 1 is 1.24 bits per heavy atom. The van der Waals surface area contributed by atoms with Crippen LogP contribution in [0.5, 0.6) is 0 Å². The van der Waals surface area contributed by atoms with Gasteiger partial charge in [0.25, 0.3) is 0 Å². The third kappa shape index (κ3) is 2.88. The fourth-order valence-electron chi connectivity index (χ4n) is 2.68. The van der Waals surface area contributed by atoms with Crippen LogP contribution in [0.25, 0.3) is 0 Å². The molecule has 2 unspecified atom stereocenters. The lowest BCUT2D eigenvalue weighted by Crippen LogP contribution is -2.19. The van der Waals surface area contributed by atoms with Gasteiger partial charge in [0.2, 0.25) is 0 Å². The molecule has 1 aliphatic rings. The number of aliphatic hydroxyl groups is 1. The molecule has 0 amide bonds. The van der Waals surface area contributed by atoms with Gasteiger partial charge in [-0.1, -0.05) is 38.1 Å². The smallest absolute Gasteiger partial charge is 0.0502 e. The molecule has 2 N–H and O–H groups in total. The molecule has 2 rings (SSSR count). The lowest BCUT2D eigenvalue weighted by atomic mass is 9.85. The van der Waals surface area contributed by atoms with E-state index in [2.05, 4.69) is 43.4 Å². The predicted octanol–water partition coefficient (Wildman–Crippen LogP) is 2.50. The Hall–Kier alpha value is -0.860. The SMILES string of the molecule is CC(C)c1ccc(C(CO)C2CCNC2)cc1. The molecule has 0 aliphatic carbocycles. The highest BCUT2D eigenvalue weighted by Gasteiger charge is 2.25. The van der Waals surface area contributed by atoms with Crippen LogP contribution >= 0.6 is 0 Å². The predicted molar refractivity (Wildman–Crippen MR) is 71.3 cm³/mol. The summed E-state index contributed by atoms with van der Waals surface area (Å²) in [5.74, 6) is 1.46. The zero-order valence-corrected chi connectivity index (χ0v) is 10.8. The van der Waals surface area contributed by atoms with E-state index in [4.69, 9.17) is 0 Å². The summed E-state index contributed by atoms with van der Waals surface area (Å²) < 4.78 is 0. The van der Waals surface area contributed by atoms with Crippen molar-refractivity contribution >= 4 is 0 Å². The summed E-state index contributed by atoms with van der Waals surface area (Å²) in [5.41, 5.74) is 2.65. The van der Waals surface area contributed by atoms with E-state index >= 15 is 0 Å². The van der Waals surface area contributed by atoms with Crippen molar-refractivity contribution < 1.29 is 5.11 Å². The van der Waals surface area contributed by atoms with Crippen LogP contribution in [-0.4, -0.2) is 24.8 Å². The van der Waals surface area contributed by atoms with Gasteiger partial charge in [-0.3, -0.25) is 0 Å². The minimum absolute atomic E-state index is 0.257. The molecule has 1 aromatic rings. The van der Waals surface area contributed by atoms with Crippen molar-refractivity contribution in [3.63, 3.8) is 0 Å². The highest BCUT2D eigenvalue weighted by molar-refractivity contribution is 5.28. The number of aliphatic hydroxyl groups excluding tert-OH is 1. The lowest BCUT2D eigenvalue weighted by molar-refractivity contribution is 0.231. The molecule has 0 radical (unpaired) electrons. The molecule has 0 spiro atoms. The van der Waals surface area contributed by atoms with Crippen molar-refractivity contribution in [1.29, 1.82) is 0 Å². The average molecular weight is 233 g/mol. The van der Waals surface area contributed by atoms with E-state index in [9.17, 15) is 5.11 Å². The van der Waals surface area contributed by atoms with Crippen LogP contribution in [0.3, 0.4) is 0 Å². The van der Waals surface area contributed by atoms with Crippen molar-refractivity contribution in [2.45, 2.75) is 32.1 Å². The Bertz CT molecular complexity index is 338. The summed E-state index contributed by atoms with van der Waals surface area (Å²) in [4.78, 5) is 0. The second-order valence-electron chi connectivity index (χ2n) is 5.36. The fourth-order valence-corrected chi connectivity index (χ4v) is 2.68. The summed E-state index contributed by atoms with van der Waals surface area (Å²) in [5, 5.41) is 13.0. The van der Waals surface area contributed by atoms with Crippen molar-refractivity contribution in [1.82, 2.24) is 5.32 Å². The second-order valence-corrected chi connectivity index (χ2v) is 5.36. The maximum Gasteiger partial charge on any atom is 0.0502 e. The minimum atomic E-state index is 0.257. The molecule has 0 aromatic heterocycles. The van der Waals surface area contributed by atoms with Gasteiger partial charge in [-0.15, -0.1) is 0 Å². The Morgan fingerprint density at radius 2 is 1.88 bits per heavy atom. The van der Waals surface area contributed by atoms with E-state index in [1.54, 1.807) is 0 Å². The first-order valence-corrected chi connectivity index (χ1v) is 6.63. The van der Waals surface area contributed by atoms with Crippen molar-refractivity contribution in [2.75, 3.05) is 19.7 Å². The molecule has 1 heterocycles. The molecule has 1 aliphatic heterocycles. The molecule has 94 valence electrons. The number of nitrogens with one attached hydrogen (secondary N) is 1. The zero-order chi connectivity index (χ0) is 12.3. The molecule has 17 heavy (non-hydrogen) atoms. The number of hydrogen-bond acceptors (Lipinski definition) is 2. The summed E-state index contributed by atoms with van der Waals surface area (Å²) in [6.45, 7) is 6.80. The van der Waals surface area contributed by atoms with Gasteiger partial charge in [-0.05, 0) is 42.5 Å². The summed E-state index contributed by atoms with van der Waals surface area (Å²) >= 11 is 0. The molecule has 1 fully saturated rings. The molecular formula is C15H23NO. The van der Waals surface area contributed by atoms with Gasteiger partial charge in [-0.2, -0.15) is 0 Å². The maximum absolute atomic E-state index is 9.59. The van der Waals surface area contributed by atoms with Crippen LogP contribution in [0.15, 0.2) is 24.3 Å². The molecule has 0 saturated carbocycles. The highest BCUT2D eigenvalue weighted by atomic mass is 16.3. The summed E-state index contributed by atoms with van der Waals surface area (Å²) in [7, 11) is 0. The molecule has 0 bridgehead atoms. The summed E-state index contributed by atoms with van der Waals surface area (Å²) in [6.07, 6.45) is 1.18. The molecular weight excluding hydrogens is 210 g/mol. The van der Waals surface area contributed by atoms with E-state index in [-0.39, 0.29) is 6.61 Å². The van der Waals surface area contributed by atoms with Crippen molar-refractivity contribution in [3.05, 3.63) is 35.4 Å². The fraction of sp³-hybridized carbons (Fsp3) is 0.600. The van der Waals surface area contributed by atoms with E-state index in [1.807, 2.05) is 0 Å².